The first-order valence-electron chi connectivity index (χ1n) is 8.45. The summed E-state index contributed by atoms with van der Waals surface area (Å²) in [6.07, 6.45) is 15.3. The third-order valence-corrected chi connectivity index (χ3v) is 5.87. The second-order valence-corrected chi connectivity index (χ2v) is 7.32. The Morgan fingerprint density at radius 3 is 2.05 bits per heavy atom. The summed E-state index contributed by atoms with van der Waals surface area (Å²) in [4.78, 5) is 2.56. The van der Waals surface area contributed by atoms with Crippen molar-refractivity contribution in [2.75, 3.05) is 25.9 Å². The highest BCUT2D eigenvalue weighted by atomic mass is 32.2. The largest absolute Gasteiger partial charge is 0.303 e. The van der Waals surface area contributed by atoms with Crippen LogP contribution < -0.4 is 0 Å². The first-order chi connectivity index (χ1) is 9.76. The lowest BCUT2D eigenvalue weighted by atomic mass is 9.97. The first kappa shape index (κ1) is 17.9. The van der Waals surface area contributed by atoms with Crippen molar-refractivity contribution in [3.05, 3.63) is 0 Å². The number of rotatable bonds is 10. The average molecular weight is 297 g/mol. The van der Waals surface area contributed by atoms with Gasteiger partial charge in [-0.3, -0.25) is 0 Å². The lowest BCUT2D eigenvalue weighted by molar-refractivity contribution is 0.212. The van der Waals surface area contributed by atoms with E-state index in [4.69, 9.17) is 0 Å². The number of hydrogen-bond acceptors (Lipinski definition) is 3. The Bertz CT molecular complexity index is 277. The van der Waals surface area contributed by atoms with E-state index in [0.717, 1.165) is 25.9 Å². The third kappa shape index (κ3) is 6.50. The molecular weight excluding hydrogens is 264 g/mol. The molecule has 1 aliphatic heterocycles. The summed E-state index contributed by atoms with van der Waals surface area (Å²) in [7, 11) is 0. The second kappa shape index (κ2) is 10.5. The quantitative estimate of drug-likeness (QED) is 0.539. The summed E-state index contributed by atoms with van der Waals surface area (Å²) in [5.74, 6) is 0. The monoisotopic (exact) mass is 296 g/mol. The summed E-state index contributed by atoms with van der Waals surface area (Å²) >= 11 is 1.75. The SMILES string of the molecule is CCCCCCCCCCN1CCC(C#N)(SC)CC1. The van der Waals surface area contributed by atoms with E-state index in [1.54, 1.807) is 11.8 Å². The summed E-state index contributed by atoms with van der Waals surface area (Å²) in [6.45, 7) is 5.75. The minimum absolute atomic E-state index is 0.0875. The third-order valence-electron chi connectivity index (χ3n) is 4.59. The number of unbranched alkanes of at least 4 members (excludes halogenated alkanes) is 7. The zero-order valence-corrected chi connectivity index (χ0v) is 14.3. The highest BCUT2D eigenvalue weighted by Gasteiger charge is 2.33. The molecule has 3 heteroatoms. The summed E-state index contributed by atoms with van der Waals surface area (Å²) in [5, 5.41) is 9.27. The summed E-state index contributed by atoms with van der Waals surface area (Å²) < 4.78 is -0.0875. The molecule has 116 valence electrons. The van der Waals surface area contributed by atoms with Crippen LogP contribution in [-0.4, -0.2) is 35.5 Å². The number of hydrogen-bond donors (Lipinski definition) is 0. The van der Waals surface area contributed by atoms with Crippen molar-refractivity contribution in [3.8, 4) is 6.07 Å². The maximum absolute atomic E-state index is 9.27. The molecule has 0 unspecified atom stereocenters. The molecule has 0 aliphatic carbocycles. The van der Waals surface area contributed by atoms with Gasteiger partial charge < -0.3 is 4.90 Å². The predicted molar refractivity (Wildman–Crippen MR) is 90.1 cm³/mol. The molecule has 0 aromatic carbocycles. The Hall–Kier alpha value is -0.200. The van der Waals surface area contributed by atoms with Gasteiger partial charge in [-0.05, 0) is 32.1 Å². The number of nitriles is 1. The van der Waals surface area contributed by atoms with Crippen molar-refractivity contribution in [3.63, 3.8) is 0 Å². The van der Waals surface area contributed by atoms with Gasteiger partial charge in [0.05, 0.1) is 6.07 Å². The van der Waals surface area contributed by atoms with E-state index in [0.29, 0.717) is 0 Å². The summed E-state index contributed by atoms with van der Waals surface area (Å²) in [5.41, 5.74) is 0. The lowest BCUT2D eigenvalue weighted by Gasteiger charge is -2.36. The van der Waals surface area contributed by atoms with Crippen LogP contribution in [0.15, 0.2) is 0 Å². The smallest absolute Gasteiger partial charge is 0.104 e. The van der Waals surface area contributed by atoms with Crippen LogP contribution in [0.5, 0.6) is 0 Å². The second-order valence-electron chi connectivity index (χ2n) is 6.13. The minimum atomic E-state index is -0.0875. The van der Waals surface area contributed by atoms with Gasteiger partial charge in [0, 0.05) is 13.1 Å². The number of thioether (sulfide) groups is 1. The van der Waals surface area contributed by atoms with Crippen molar-refractivity contribution in [1.29, 1.82) is 5.26 Å². The molecule has 1 saturated heterocycles. The van der Waals surface area contributed by atoms with Crippen LogP contribution >= 0.6 is 11.8 Å². The average Bonchev–Trinajstić information content (AvgIpc) is 2.51. The van der Waals surface area contributed by atoms with E-state index in [1.165, 1.54) is 57.9 Å². The fraction of sp³-hybridized carbons (Fsp3) is 0.941. The molecule has 0 spiro atoms. The molecule has 0 radical (unpaired) electrons. The Morgan fingerprint density at radius 2 is 1.55 bits per heavy atom. The van der Waals surface area contributed by atoms with E-state index >= 15 is 0 Å². The van der Waals surface area contributed by atoms with Gasteiger partial charge in [-0.2, -0.15) is 5.26 Å². The molecule has 1 rings (SSSR count). The van der Waals surface area contributed by atoms with Crippen molar-refractivity contribution in [2.45, 2.75) is 75.9 Å². The molecule has 0 aromatic rings. The van der Waals surface area contributed by atoms with Gasteiger partial charge >= 0.3 is 0 Å². The molecule has 0 saturated carbocycles. The van der Waals surface area contributed by atoms with Gasteiger partial charge in [0.25, 0.3) is 0 Å². The van der Waals surface area contributed by atoms with E-state index in [1.807, 2.05) is 0 Å². The maximum atomic E-state index is 9.27. The van der Waals surface area contributed by atoms with E-state index in [2.05, 4.69) is 24.1 Å². The molecule has 1 aliphatic rings. The predicted octanol–water partition coefficient (Wildman–Crippen LogP) is 4.85. The van der Waals surface area contributed by atoms with E-state index in [-0.39, 0.29) is 4.75 Å². The van der Waals surface area contributed by atoms with Gasteiger partial charge in [0.15, 0.2) is 0 Å². The van der Waals surface area contributed by atoms with Crippen LogP contribution in [0.2, 0.25) is 0 Å². The van der Waals surface area contributed by atoms with Gasteiger partial charge in [0.2, 0.25) is 0 Å². The molecular formula is C17H32N2S. The Labute approximate surface area is 130 Å². The van der Waals surface area contributed by atoms with Crippen molar-refractivity contribution < 1.29 is 0 Å². The van der Waals surface area contributed by atoms with E-state index in [9.17, 15) is 5.26 Å². The normalized spacial score (nSPS) is 18.9. The molecule has 0 amide bonds. The lowest BCUT2D eigenvalue weighted by Crippen LogP contribution is -2.41. The molecule has 0 N–H and O–H groups in total. The van der Waals surface area contributed by atoms with Crippen LogP contribution in [0.1, 0.15) is 71.1 Å². The molecule has 20 heavy (non-hydrogen) atoms. The van der Waals surface area contributed by atoms with Crippen LogP contribution in [-0.2, 0) is 0 Å². The van der Waals surface area contributed by atoms with Gasteiger partial charge in [-0.15, -0.1) is 11.8 Å². The summed E-state index contributed by atoms with van der Waals surface area (Å²) in [6, 6.07) is 2.52. The van der Waals surface area contributed by atoms with Crippen molar-refractivity contribution in [2.24, 2.45) is 0 Å². The molecule has 1 heterocycles. The highest BCUT2D eigenvalue weighted by molar-refractivity contribution is 8.00. The fourth-order valence-electron chi connectivity index (χ4n) is 2.97. The highest BCUT2D eigenvalue weighted by Crippen LogP contribution is 2.33. The number of likely N-dealkylation sites (tertiary alicyclic amines) is 1. The molecule has 0 atom stereocenters. The number of nitrogens with zero attached hydrogens (tertiary/aromatic N) is 2. The van der Waals surface area contributed by atoms with Crippen LogP contribution in [0, 0.1) is 11.3 Å². The Morgan fingerprint density at radius 1 is 1.00 bits per heavy atom. The van der Waals surface area contributed by atoms with Gasteiger partial charge in [0.1, 0.15) is 4.75 Å². The van der Waals surface area contributed by atoms with Crippen LogP contribution in [0.3, 0.4) is 0 Å². The zero-order valence-electron chi connectivity index (χ0n) is 13.5. The van der Waals surface area contributed by atoms with Crippen LogP contribution in [0.4, 0.5) is 0 Å². The first-order valence-corrected chi connectivity index (χ1v) is 9.67. The minimum Gasteiger partial charge on any atom is -0.303 e. The molecule has 2 nitrogen and oxygen atoms in total. The van der Waals surface area contributed by atoms with Crippen molar-refractivity contribution in [1.82, 2.24) is 4.90 Å². The number of piperidine rings is 1. The molecule has 0 aromatic heterocycles. The van der Waals surface area contributed by atoms with Gasteiger partial charge in [-0.25, -0.2) is 0 Å². The standard InChI is InChI=1S/C17H32N2S/c1-3-4-5-6-7-8-9-10-13-19-14-11-17(16-18,20-2)12-15-19/h3-15H2,1-2H3. The van der Waals surface area contributed by atoms with E-state index < -0.39 is 0 Å². The maximum Gasteiger partial charge on any atom is 0.104 e. The Kier molecular flexibility index (Phi) is 9.39. The topological polar surface area (TPSA) is 27.0 Å². The van der Waals surface area contributed by atoms with Crippen molar-refractivity contribution >= 4 is 11.8 Å². The fourth-order valence-corrected chi connectivity index (χ4v) is 3.65. The van der Waals surface area contributed by atoms with Gasteiger partial charge in [-0.1, -0.05) is 51.9 Å². The Balaban J connectivity index is 1.98. The zero-order chi connectivity index (χ0) is 14.7. The molecule has 1 fully saturated rings. The van der Waals surface area contributed by atoms with Crippen LogP contribution in [0.25, 0.3) is 0 Å². The molecule has 0 bridgehead atoms.